The van der Waals surface area contributed by atoms with Gasteiger partial charge in [0.1, 0.15) is 0 Å². The van der Waals surface area contributed by atoms with Crippen LogP contribution in [0.15, 0.2) is 0 Å². The first-order valence-electron chi connectivity index (χ1n) is 4.20. The molecule has 0 saturated carbocycles. The van der Waals surface area contributed by atoms with E-state index >= 15 is 0 Å². The number of hydrogen-bond donors (Lipinski definition) is 1. The van der Waals surface area contributed by atoms with Crippen LogP contribution in [0.4, 0.5) is 0 Å². The molecule has 0 spiro atoms. The van der Waals surface area contributed by atoms with Gasteiger partial charge in [0, 0.05) is 6.54 Å². The normalized spacial score (nSPS) is 10.6. The van der Waals surface area contributed by atoms with Crippen LogP contribution in [0.1, 0.15) is 13.3 Å². The molecular formula is C8H18N2S2. The van der Waals surface area contributed by atoms with Gasteiger partial charge in [-0.2, -0.15) is 11.8 Å². The van der Waals surface area contributed by atoms with Crippen molar-refractivity contribution in [2.45, 2.75) is 13.3 Å². The van der Waals surface area contributed by atoms with Crippen LogP contribution in [0.5, 0.6) is 0 Å². The Morgan fingerprint density at radius 3 is 2.67 bits per heavy atom. The van der Waals surface area contributed by atoms with Gasteiger partial charge in [-0.25, -0.2) is 0 Å². The average molecular weight is 206 g/mol. The van der Waals surface area contributed by atoms with Gasteiger partial charge < -0.3 is 5.73 Å². The fourth-order valence-electron chi connectivity index (χ4n) is 1.00. The van der Waals surface area contributed by atoms with E-state index in [1.165, 1.54) is 12.2 Å². The standard InChI is InChI=1S/C8H18N2S2/c1-3-10(7-8(9)11)5-4-6-12-2/h3-7H2,1-2H3,(H2,9,11). The number of likely N-dealkylation sites (N-methyl/N-ethyl adjacent to an activating group) is 1. The van der Waals surface area contributed by atoms with Crippen molar-refractivity contribution in [3.63, 3.8) is 0 Å². The van der Waals surface area contributed by atoms with E-state index in [1.807, 2.05) is 11.8 Å². The maximum absolute atomic E-state index is 5.46. The molecule has 4 heteroatoms. The van der Waals surface area contributed by atoms with Crippen LogP contribution >= 0.6 is 24.0 Å². The highest BCUT2D eigenvalue weighted by molar-refractivity contribution is 7.98. The van der Waals surface area contributed by atoms with Gasteiger partial charge in [-0.3, -0.25) is 4.90 Å². The van der Waals surface area contributed by atoms with Crippen LogP contribution in [0.3, 0.4) is 0 Å². The largest absolute Gasteiger partial charge is 0.392 e. The van der Waals surface area contributed by atoms with E-state index < -0.39 is 0 Å². The molecule has 12 heavy (non-hydrogen) atoms. The lowest BCUT2D eigenvalue weighted by molar-refractivity contribution is 0.330. The molecule has 0 unspecified atom stereocenters. The van der Waals surface area contributed by atoms with Gasteiger partial charge in [-0.15, -0.1) is 0 Å². The highest BCUT2D eigenvalue weighted by Gasteiger charge is 2.01. The first-order chi connectivity index (χ1) is 5.70. The highest BCUT2D eigenvalue weighted by Crippen LogP contribution is 1.98. The smallest absolute Gasteiger partial charge is 0.0870 e. The van der Waals surface area contributed by atoms with Crippen LogP contribution in [-0.2, 0) is 0 Å². The summed E-state index contributed by atoms with van der Waals surface area (Å²) in [7, 11) is 0. The zero-order valence-electron chi connectivity index (χ0n) is 7.88. The topological polar surface area (TPSA) is 29.3 Å². The highest BCUT2D eigenvalue weighted by atomic mass is 32.2. The molecule has 0 aliphatic heterocycles. The Morgan fingerprint density at radius 1 is 1.58 bits per heavy atom. The predicted octanol–water partition coefficient (Wildman–Crippen LogP) is 1.35. The number of hydrogen-bond acceptors (Lipinski definition) is 3. The molecule has 0 aromatic heterocycles. The van der Waals surface area contributed by atoms with Crippen molar-refractivity contribution in [1.29, 1.82) is 0 Å². The third-order valence-corrected chi connectivity index (χ3v) is 2.48. The Labute approximate surface area is 84.9 Å². The molecule has 0 aliphatic rings. The van der Waals surface area contributed by atoms with Crippen LogP contribution in [0, 0.1) is 0 Å². The maximum Gasteiger partial charge on any atom is 0.0870 e. The first-order valence-corrected chi connectivity index (χ1v) is 6.00. The van der Waals surface area contributed by atoms with Crippen molar-refractivity contribution in [3.05, 3.63) is 0 Å². The van der Waals surface area contributed by atoms with Crippen LogP contribution in [0.25, 0.3) is 0 Å². The van der Waals surface area contributed by atoms with Gasteiger partial charge in [0.25, 0.3) is 0 Å². The summed E-state index contributed by atoms with van der Waals surface area (Å²) in [5, 5.41) is 0. The van der Waals surface area contributed by atoms with Crippen molar-refractivity contribution in [3.8, 4) is 0 Å². The lowest BCUT2D eigenvalue weighted by Gasteiger charge is -2.18. The fraction of sp³-hybridized carbons (Fsp3) is 0.875. The van der Waals surface area contributed by atoms with Crippen molar-refractivity contribution in [2.24, 2.45) is 5.73 Å². The minimum absolute atomic E-state index is 0.598. The van der Waals surface area contributed by atoms with Crippen molar-refractivity contribution >= 4 is 29.0 Å². The molecule has 0 saturated heterocycles. The summed E-state index contributed by atoms with van der Waals surface area (Å²) in [4.78, 5) is 2.87. The molecule has 0 radical (unpaired) electrons. The summed E-state index contributed by atoms with van der Waals surface area (Å²) >= 11 is 6.73. The molecule has 2 N–H and O–H groups in total. The lowest BCUT2D eigenvalue weighted by Crippen LogP contribution is -2.33. The number of rotatable bonds is 7. The molecule has 72 valence electrons. The van der Waals surface area contributed by atoms with Crippen molar-refractivity contribution in [2.75, 3.05) is 31.6 Å². The Bertz CT molecular complexity index is 128. The summed E-state index contributed by atoms with van der Waals surface area (Å²) in [5.74, 6) is 1.22. The van der Waals surface area contributed by atoms with E-state index in [2.05, 4.69) is 18.1 Å². The Hall–Kier alpha value is 0.200. The van der Waals surface area contributed by atoms with E-state index in [4.69, 9.17) is 18.0 Å². The fourth-order valence-corrected chi connectivity index (χ4v) is 1.60. The van der Waals surface area contributed by atoms with Gasteiger partial charge in [0.2, 0.25) is 0 Å². The minimum Gasteiger partial charge on any atom is -0.392 e. The predicted molar refractivity (Wildman–Crippen MR) is 61.9 cm³/mol. The van der Waals surface area contributed by atoms with E-state index in [0.717, 1.165) is 19.6 Å². The van der Waals surface area contributed by atoms with E-state index in [9.17, 15) is 0 Å². The van der Waals surface area contributed by atoms with Crippen LogP contribution < -0.4 is 5.73 Å². The number of thioether (sulfide) groups is 1. The second-order valence-corrected chi connectivity index (χ2v) is 4.19. The monoisotopic (exact) mass is 206 g/mol. The van der Waals surface area contributed by atoms with Crippen molar-refractivity contribution in [1.82, 2.24) is 4.90 Å². The number of nitrogens with two attached hydrogens (primary N) is 1. The molecule has 0 aromatic rings. The van der Waals surface area contributed by atoms with E-state index in [-0.39, 0.29) is 0 Å². The Morgan fingerprint density at radius 2 is 2.25 bits per heavy atom. The second kappa shape index (κ2) is 7.83. The summed E-state index contributed by atoms with van der Waals surface area (Å²) in [6, 6.07) is 0. The molecule has 0 atom stereocenters. The van der Waals surface area contributed by atoms with Gasteiger partial charge in [0.15, 0.2) is 0 Å². The first kappa shape index (κ1) is 12.2. The van der Waals surface area contributed by atoms with Crippen LogP contribution in [-0.4, -0.2) is 41.5 Å². The molecule has 0 aliphatic carbocycles. The number of thiocarbonyl (C=S) groups is 1. The van der Waals surface area contributed by atoms with E-state index in [1.54, 1.807) is 0 Å². The third kappa shape index (κ3) is 6.88. The Balaban J connectivity index is 3.46. The molecule has 0 fully saturated rings. The SMILES string of the molecule is CCN(CCCSC)CC(N)=S. The second-order valence-electron chi connectivity index (χ2n) is 2.68. The minimum atomic E-state index is 0.598. The molecule has 0 amide bonds. The van der Waals surface area contributed by atoms with Gasteiger partial charge >= 0.3 is 0 Å². The summed E-state index contributed by atoms with van der Waals surface area (Å²) < 4.78 is 0. The molecule has 0 bridgehead atoms. The Kier molecular flexibility index (Phi) is 7.96. The summed E-state index contributed by atoms with van der Waals surface area (Å²) in [6.45, 7) is 5.04. The summed E-state index contributed by atoms with van der Waals surface area (Å²) in [5.41, 5.74) is 5.46. The van der Waals surface area contributed by atoms with Gasteiger partial charge in [-0.05, 0) is 31.5 Å². The maximum atomic E-state index is 5.46. The lowest BCUT2D eigenvalue weighted by atomic mass is 10.4. The molecular weight excluding hydrogens is 188 g/mol. The van der Waals surface area contributed by atoms with Gasteiger partial charge in [-0.1, -0.05) is 19.1 Å². The quantitative estimate of drug-likeness (QED) is 0.503. The average Bonchev–Trinajstić information content (AvgIpc) is 2.02. The zero-order valence-corrected chi connectivity index (χ0v) is 9.51. The molecule has 0 aromatic carbocycles. The third-order valence-electron chi connectivity index (χ3n) is 1.65. The van der Waals surface area contributed by atoms with E-state index in [0.29, 0.717) is 4.99 Å². The van der Waals surface area contributed by atoms with Gasteiger partial charge in [0.05, 0.1) is 4.99 Å². The molecule has 0 rings (SSSR count). The zero-order chi connectivity index (χ0) is 9.40. The summed E-state index contributed by atoms with van der Waals surface area (Å²) in [6.07, 6.45) is 3.35. The number of nitrogens with zero attached hydrogens (tertiary/aromatic N) is 1. The van der Waals surface area contributed by atoms with Crippen LogP contribution in [0.2, 0.25) is 0 Å². The molecule has 0 heterocycles. The molecule has 2 nitrogen and oxygen atoms in total. The van der Waals surface area contributed by atoms with Crippen molar-refractivity contribution < 1.29 is 0 Å².